The summed E-state index contributed by atoms with van der Waals surface area (Å²) in [4.78, 5) is 0. The van der Waals surface area contributed by atoms with Crippen molar-refractivity contribution < 1.29 is 17.9 Å². The average Bonchev–Trinajstić information content (AvgIpc) is 2.77. The molecule has 0 radical (unpaired) electrons. The van der Waals surface area contributed by atoms with Gasteiger partial charge in [-0.15, -0.1) is 0 Å². The van der Waals surface area contributed by atoms with Crippen LogP contribution in [0, 0.1) is 11.3 Å². The molecule has 1 atom stereocenters. The van der Waals surface area contributed by atoms with E-state index in [-0.39, 0.29) is 24.6 Å². The van der Waals surface area contributed by atoms with E-state index < -0.39 is 15.3 Å². The molecule has 0 aromatic heterocycles. The fourth-order valence-electron chi connectivity index (χ4n) is 1.65. The van der Waals surface area contributed by atoms with Gasteiger partial charge in [0.2, 0.25) is 16.8 Å². The summed E-state index contributed by atoms with van der Waals surface area (Å²) in [6.07, 6.45) is 0.191. The molecule has 0 spiro atoms. The summed E-state index contributed by atoms with van der Waals surface area (Å²) < 4.78 is 36.5. The lowest BCUT2D eigenvalue weighted by molar-refractivity contribution is 0.174. The highest BCUT2D eigenvalue weighted by Gasteiger charge is 2.25. The predicted octanol–water partition coefficient (Wildman–Crippen LogP) is 1.04. The van der Waals surface area contributed by atoms with Gasteiger partial charge >= 0.3 is 0 Å². The Morgan fingerprint density at radius 3 is 2.68 bits per heavy atom. The topological polar surface area (TPSA) is 114 Å². The van der Waals surface area contributed by atoms with E-state index in [0.717, 1.165) is 0 Å². The lowest BCUT2D eigenvalue weighted by atomic mass is 10.2. The van der Waals surface area contributed by atoms with Crippen LogP contribution in [-0.2, 0) is 10.0 Å². The minimum Gasteiger partial charge on any atom is -0.454 e. The predicted molar refractivity (Wildman–Crippen MR) is 69.2 cm³/mol. The Balaban J connectivity index is 2.32. The SMILES string of the molecule is CCC(C#N)S(=O)(=O)Nc1cc2c(cc1N)OCO2. The molecule has 7 nitrogen and oxygen atoms in total. The molecule has 19 heavy (non-hydrogen) atoms. The van der Waals surface area contributed by atoms with Crippen molar-refractivity contribution in [3.05, 3.63) is 12.1 Å². The maximum atomic E-state index is 12.0. The number of fused-ring (bicyclic) bond motifs is 1. The maximum Gasteiger partial charge on any atom is 0.249 e. The zero-order valence-electron chi connectivity index (χ0n) is 10.2. The first-order chi connectivity index (χ1) is 8.97. The highest BCUT2D eigenvalue weighted by Crippen LogP contribution is 2.38. The van der Waals surface area contributed by atoms with E-state index in [1.165, 1.54) is 12.1 Å². The van der Waals surface area contributed by atoms with Gasteiger partial charge in [0.1, 0.15) is 0 Å². The number of hydrogen-bond donors (Lipinski definition) is 2. The van der Waals surface area contributed by atoms with Crippen LogP contribution in [0.4, 0.5) is 11.4 Å². The molecule has 1 unspecified atom stereocenters. The maximum absolute atomic E-state index is 12.0. The summed E-state index contributed by atoms with van der Waals surface area (Å²) in [7, 11) is -3.80. The van der Waals surface area contributed by atoms with Gasteiger partial charge in [-0.25, -0.2) is 8.42 Å². The Bertz CT molecular complexity index is 636. The molecule has 0 saturated heterocycles. The van der Waals surface area contributed by atoms with Crippen LogP contribution in [0.5, 0.6) is 11.5 Å². The number of anilines is 2. The summed E-state index contributed by atoms with van der Waals surface area (Å²) >= 11 is 0. The van der Waals surface area contributed by atoms with Crippen LogP contribution < -0.4 is 19.9 Å². The third kappa shape index (κ3) is 2.51. The number of hydrogen-bond acceptors (Lipinski definition) is 6. The fraction of sp³-hybridized carbons (Fsp3) is 0.364. The second kappa shape index (κ2) is 4.85. The molecule has 1 aromatic carbocycles. The normalized spacial score (nSPS) is 14.7. The third-order valence-corrected chi connectivity index (χ3v) is 4.38. The van der Waals surface area contributed by atoms with Gasteiger partial charge in [0, 0.05) is 12.1 Å². The van der Waals surface area contributed by atoms with Crippen molar-refractivity contribution in [2.75, 3.05) is 17.2 Å². The van der Waals surface area contributed by atoms with Crippen LogP contribution >= 0.6 is 0 Å². The summed E-state index contributed by atoms with van der Waals surface area (Å²) in [6.45, 7) is 1.69. The first kappa shape index (κ1) is 13.3. The molecular weight excluding hydrogens is 270 g/mol. The zero-order chi connectivity index (χ0) is 14.0. The van der Waals surface area contributed by atoms with Crippen molar-refractivity contribution in [3.8, 4) is 17.6 Å². The number of nitriles is 1. The lowest BCUT2D eigenvalue weighted by Gasteiger charge is -2.13. The Labute approximate surface area is 111 Å². The second-order valence-electron chi connectivity index (χ2n) is 3.97. The van der Waals surface area contributed by atoms with Crippen LogP contribution in [0.25, 0.3) is 0 Å². The Morgan fingerprint density at radius 1 is 1.47 bits per heavy atom. The van der Waals surface area contributed by atoms with Crippen molar-refractivity contribution in [1.29, 1.82) is 5.26 Å². The molecule has 0 amide bonds. The molecule has 2 rings (SSSR count). The minimum atomic E-state index is -3.80. The Morgan fingerprint density at radius 2 is 2.11 bits per heavy atom. The summed E-state index contributed by atoms with van der Waals surface area (Å²) in [5, 5.41) is 7.69. The number of benzene rings is 1. The highest BCUT2D eigenvalue weighted by atomic mass is 32.2. The summed E-state index contributed by atoms with van der Waals surface area (Å²) in [5.74, 6) is 0.879. The third-order valence-electron chi connectivity index (χ3n) is 2.69. The molecule has 8 heteroatoms. The monoisotopic (exact) mass is 283 g/mol. The van der Waals surface area contributed by atoms with Gasteiger partial charge in [-0.05, 0) is 6.42 Å². The van der Waals surface area contributed by atoms with Crippen LogP contribution in [0.1, 0.15) is 13.3 Å². The van der Waals surface area contributed by atoms with E-state index in [1.807, 2.05) is 0 Å². The van der Waals surface area contributed by atoms with Gasteiger partial charge in [-0.1, -0.05) is 6.92 Å². The number of nitrogen functional groups attached to an aromatic ring is 1. The largest absolute Gasteiger partial charge is 0.454 e. The molecule has 1 aromatic rings. The van der Waals surface area contributed by atoms with Crippen molar-refractivity contribution in [2.45, 2.75) is 18.6 Å². The molecule has 3 N–H and O–H groups in total. The lowest BCUT2D eigenvalue weighted by Crippen LogP contribution is -2.26. The number of nitrogens with two attached hydrogens (primary N) is 1. The fourth-order valence-corrected chi connectivity index (χ4v) is 2.85. The van der Waals surface area contributed by atoms with E-state index in [9.17, 15) is 8.42 Å². The van der Waals surface area contributed by atoms with E-state index >= 15 is 0 Å². The molecule has 0 fully saturated rings. The van der Waals surface area contributed by atoms with E-state index in [1.54, 1.807) is 13.0 Å². The molecule has 0 aliphatic carbocycles. The van der Waals surface area contributed by atoms with Crippen LogP contribution in [0.2, 0.25) is 0 Å². The molecule has 1 aliphatic rings. The minimum absolute atomic E-state index is 0.0702. The molecule has 1 heterocycles. The van der Waals surface area contributed by atoms with Gasteiger partial charge in [0.15, 0.2) is 16.7 Å². The first-order valence-corrected chi connectivity index (χ1v) is 7.13. The number of nitrogens with one attached hydrogen (secondary N) is 1. The molecular formula is C11H13N3O4S. The number of nitrogens with zero attached hydrogens (tertiary/aromatic N) is 1. The van der Waals surface area contributed by atoms with Crippen LogP contribution in [-0.4, -0.2) is 20.5 Å². The number of rotatable bonds is 4. The van der Waals surface area contributed by atoms with Gasteiger partial charge in [0.05, 0.1) is 17.4 Å². The van der Waals surface area contributed by atoms with E-state index in [4.69, 9.17) is 20.5 Å². The number of ether oxygens (including phenoxy) is 2. The van der Waals surface area contributed by atoms with E-state index in [0.29, 0.717) is 11.5 Å². The average molecular weight is 283 g/mol. The number of sulfonamides is 1. The smallest absolute Gasteiger partial charge is 0.249 e. The van der Waals surface area contributed by atoms with Crippen molar-refractivity contribution in [2.24, 2.45) is 0 Å². The van der Waals surface area contributed by atoms with Gasteiger partial charge in [0.25, 0.3) is 0 Å². The summed E-state index contributed by atoms with van der Waals surface area (Å²) in [6, 6.07) is 4.66. The Kier molecular flexibility index (Phi) is 3.40. The van der Waals surface area contributed by atoms with Gasteiger partial charge < -0.3 is 15.2 Å². The first-order valence-electron chi connectivity index (χ1n) is 5.58. The van der Waals surface area contributed by atoms with E-state index in [2.05, 4.69) is 4.72 Å². The van der Waals surface area contributed by atoms with Crippen molar-refractivity contribution >= 4 is 21.4 Å². The highest BCUT2D eigenvalue weighted by molar-refractivity contribution is 7.93. The van der Waals surface area contributed by atoms with Crippen molar-refractivity contribution in [1.82, 2.24) is 0 Å². The van der Waals surface area contributed by atoms with Gasteiger partial charge in [-0.2, -0.15) is 5.26 Å². The standard InChI is InChI=1S/C11H13N3O4S/c1-2-7(5-12)19(15,16)14-9-4-11-10(3-8(9)13)17-6-18-11/h3-4,7,14H,2,6,13H2,1H3. The van der Waals surface area contributed by atoms with Gasteiger partial charge in [-0.3, -0.25) is 4.72 Å². The molecule has 1 aliphatic heterocycles. The van der Waals surface area contributed by atoms with Crippen LogP contribution in [0.15, 0.2) is 12.1 Å². The quantitative estimate of drug-likeness (QED) is 0.798. The van der Waals surface area contributed by atoms with Crippen LogP contribution in [0.3, 0.4) is 0 Å². The van der Waals surface area contributed by atoms with Crippen molar-refractivity contribution in [3.63, 3.8) is 0 Å². The Hall–Kier alpha value is -2.14. The molecule has 0 saturated carbocycles. The molecule has 102 valence electrons. The zero-order valence-corrected chi connectivity index (χ0v) is 11.0. The molecule has 0 bridgehead atoms. The second-order valence-corrected chi connectivity index (χ2v) is 5.83. The summed E-state index contributed by atoms with van der Waals surface area (Å²) in [5.41, 5.74) is 6.13.